The molecule has 1 fully saturated rings. The molecule has 14 heavy (non-hydrogen) atoms. The third kappa shape index (κ3) is 3.35. The van der Waals surface area contributed by atoms with Gasteiger partial charge in [-0.05, 0) is 25.3 Å². The van der Waals surface area contributed by atoms with Crippen LogP contribution in [0.2, 0.25) is 0 Å². The summed E-state index contributed by atoms with van der Waals surface area (Å²) >= 11 is 0. The molecule has 1 unspecified atom stereocenters. The lowest BCUT2D eigenvalue weighted by Gasteiger charge is -2.22. The molecule has 2 nitrogen and oxygen atoms in total. The summed E-state index contributed by atoms with van der Waals surface area (Å²) in [6, 6.07) is 0. The first-order valence-electron chi connectivity index (χ1n) is 4.98. The Hall–Kier alpha value is -0.480. The fraction of sp³-hybridized carbons (Fsp3) is 0.800. The predicted molar refractivity (Wildman–Crippen MR) is 53.4 cm³/mol. The summed E-state index contributed by atoms with van der Waals surface area (Å²) in [5.74, 6) is -2.23. The van der Waals surface area contributed by atoms with Gasteiger partial charge in [0.25, 0.3) is 5.92 Å². The van der Waals surface area contributed by atoms with Gasteiger partial charge in [-0.1, -0.05) is 6.08 Å². The molecule has 0 amide bonds. The number of alkyl halides is 2. The third-order valence-corrected chi connectivity index (χ3v) is 2.62. The lowest BCUT2D eigenvalue weighted by molar-refractivity contribution is -0.0187. The zero-order chi connectivity index (χ0) is 10.6. The second-order valence-corrected chi connectivity index (χ2v) is 3.97. The lowest BCUT2D eigenvalue weighted by Crippen LogP contribution is -2.40. The maximum Gasteiger partial charge on any atom is 0.272 e. The number of nitrogens with two attached hydrogens (primary N) is 1. The van der Waals surface area contributed by atoms with Crippen molar-refractivity contribution in [2.45, 2.75) is 18.8 Å². The Labute approximate surface area is 83.8 Å². The minimum atomic E-state index is -2.73. The second-order valence-electron chi connectivity index (χ2n) is 3.97. The van der Waals surface area contributed by atoms with E-state index in [1.807, 2.05) is 6.08 Å². The average molecular weight is 204 g/mol. The van der Waals surface area contributed by atoms with Gasteiger partial charge in [0.1, 0.15) is 0 Å². The Morgan fingerprint density at radius 2 is 2.29 bits per heavy atom. The molecular weight excluding hydrogens is 186 g/mol. The minimum Gasteiger partial charge on any atom is -0.325 e. The van der Waals surface area contributed by atoms with Crippen molar-refractivity contribution in [2.24, 2.45) is 11.7 Å². The molecule has 0 saturated carbocycles. The van der Waals surface area contributed by atoms with E-state index < -0.39 is 12.5 Å². The molecule has 4 heteroatoms. The summed E-state index contributed by atoms with van der Waals surface area (Å²) in [6.45, 7) is 4.41. The average Bonchev–Trinajstić information content (AvgIpc) is 2.53. The molecular formula is C10H18F2N2. The van der Waals surface area contributed by atoms with Crippen LogP contribution in [-0.4, -0.2) is 37.0 Å². The van der Waals surface area contributed by atoms with Crippen molar-refractivity contribution >= 4 is 0 Å². The monoisotopic (exact) mass is 204 g/mol. The van der Waals surface area contributed by atoms with Gasteiger partial charge in [-0.15, -0.1) is 6.58 Å². The fourth-order valence-corrected chi connectivity index (χ4v) is 1.88. The predicted octanol–water partition coefficient (Wildman–Crippen LogP) is 1.48. The van der Waals surface area contributed by atoms with Gasteiger partial charge in [-0.3, -0.25) is 4.90 Å². The number of allylic oxidation sites excluding steroid dienone is 1. The van der Waals surface area contributed by atoms with E-state index in [-0.39, 0.29) is 6.54 Å². The van der Waals surface area contributed by atoms with Crippen LogP contribution in [-0.2, 0) is 0 Å². The minimum absolute atomic E-state index is 0.197. The largest absolute Gasteiger partial charge is 0.325 e. The van der Waals surface area contributed by atoms with E-state index >= 15 is 0 Å². The maximum atomic E-state index is 12.9. The standard InChI is InChI=1S/C10H18F2N2/c1-2-3-9-4-5-14(6-9)8-10(11,12)7-13/h2,9H,1,3-8,13H2. The number of likely N-dealkylation sites (tertiary alicyclic amines) is 1. The normalized spacial score (nSPS) is 24.1. The van der Waals surface area contributed by atoms with E-state index in [1.165, 1.54) is 0 Å². The number of halogens is 2. The molecule has 0 aromatic rings. The Balaban J connectivity index is 2.32. The molecule has 1 rings (SSSR count). The van der Waals surface area contributed by atoms with Crippen molar-refractivity contribution in [3.8, 4) is 0 Å². The highest BCUT2D eigenvalue weighted by atomic mass is 19.3. The van der Waals surface area contributed by atoms with Crippen LogP contribution in [0.3, 0.4) is 0 Å². The summed E-state index contributed by atoms with van der Waals surface area (Å²) in [5, 5.41) is 0. The van der Waals surface area contributed by atoms with Crippen LogP contribution in [0.25, 0.3) is 0 Å². The summed E-state index contributed by atoms with van der Waals surface area (Å²) in [4.78, 5) is 1.79. The van der Waals surface area contributed by atoms with E-state index in [2.05, 4.69) is 6.58 Å². The van der Waals surface area contributed by atoms with E-state index in [4.69, 9.17) is 5.73 Å². The van der Waals surface area contributed by atoms with Crippen molar-refractivity contribution in [3.63, 3.8) is 0 Å². The third-order valence-electron chi connectivity index (χ3n) is 2.62. The Bertz CT molecular complexity index is 195. The molecule has 1 heterocycles. The van der Waals surface area contributed by atoms with Gasteiger partial charge in [0.2, 0.25) is 0 Å². The fourth-order valence-electron chi connectivity index (χ4n) is 1.88. The van der Waals surface area contributed by atoms with Gasteiger partial charge >= 0.3 is 0 Å². The molecule has 2 N–H and O–H groups in total. The van der Waals surface area contributed by atoms with Crippen molar-refractivity contribution in [1.82, 2.24) is 4.90 Å². The van der Waals surface area contributed by atoms with E-state index in [1.54, 1.807) is 4.90 Å². The summed E-state index contributed by atoms with van der Waals surface area (Å²) in [5.41, 5.74) is 4.98. The molecule has 0 spiro atoms. The molecule has 0 radical (unpaired) electrons. The Morgan fingerprint density at radius 3 is 2.86 bits per heavy atom. The number of nitrogens with zero attached hydrogens (tertiary/aromatic N) is 1. The lowest BCUT2D eigenvalue weighted by atomic mass is 10.1. The highest BCUT2D eigenvalue weighted by molar-refractivity contribution is 4.84. The molecule has 1 saturated heterocycles. The van der Waals surface area contributed by atoms with Crippen LogP contribution >= 0.6 is 0 Å². The van der Waals surface area contributed by atoms with Crippen molar-refractivity contribution in [1.29, 1.82) is 0 Å². The van der Waals surface area contributed by atoms with Crippen LogP contribution in [0, 0.1) is 5.92 Å². The highest BCUT2D eigenvalue weighted by Gasteiger charge is 2.32. The highest BCUT2D eigenvalue weighted by Crippen LogP contribution is 2.23. The van der Waals surface area contributed by atoms with Gasteiger partial charge in [0.15, 0.2) is 0 Å². The molecule has 0 bridgehead atoms. The second kappa shape index (κ2) is 4.84. The first-order chi connectivity index (χ1) is 6.57. The van der Waals surface area contributed by atoms with Crippen molar-refractivity contribution in [3.05, 3.63) is 12.7 Å². The van der Waals surface area contributed by atoms with Gasteiger partial charge in [-0.25, -0.2) is 8.78 Å². The van der Waals surface area contributed by atoms with E-state index in [0.29, 0.717) is 5.92 Å². The zero-order valence-corrected chi connectivity index (χ0v) is 8.38. The molecule has 1 aliphatic heterocycles. The summed E-state index contributed by atoms with van der Waals surface area (Å²) in [6.07, 6.45) is 3.77. The van der Waals surface area contributed by atoms with Crippen molar-refractivity contribution in [2.75, 3.05) is 26.2 Å². The molecule has 0 aliphatic carbocycles. The molecule has 82 valence electrons. The van der Waals surface area contributed by atoms with E-state index in [0.717, 1.165) is 25.9 Å². The Morgan fingerprint density at radius 1 is 1.57 bits per heavy atom. The number of hydrogen-bond donors (Lipinski definition) is 1. The van der Waals surface area contributed by atoms with Gasteiger partial charge < -0.3 is 5.73 Å². The number of hydrogen-bond acceptors (Lipinski definition) is 2. The van der Waals surface area contributed by atoms with Gasteiger partial charge in [0.05, 0.1) is 13.1 Å². The van der Waals surface area contributed by atoms with Crippen LogP contribution in [0.4, 0.5) is 8.78 Å². The topological polar surface area (TPSA) is 29.3 Å². The van der Waals surface area contributed by atoms with Crippen LogP contribution in [0.15, 0.2) is 12.7 Å². The zero-order valence-electron chi connectivity index (χ0n) is 8.38. The Kier molecular flexibility index (Phi) is 4.01. The first kappa shape index (κ1) is 11.6. The van der Waals surface area contributed by atoms with Crippen LogP contribution < -0.4 is 5.73 Å². The number of rotatable bonds is 5. The summed E-state index contributed by atoms with van der Waals surface area (Å²) < 4.78 is 25.9. The quantitative estimate of drug-likeness (QED) is 0.687. The first-order valence-corrected chi connectivity index (χ1v) is 4.98. The molecule has 1 aliphatic rings. The van der Waals surface area contributed by atoms with Gasteiger partial charge in [0, 0.05) is 6.54 Å². The van der Waals surface area contributed by atoms with Crippen LogP contribution in [0.5, 0.6) is 0 Å². The van der Waals surface area contributed by atoms with Crippen LogP contribution in [0.1, 0.15) is 12.8 Å². The SMILES string of the molecule is C=CCC1CCN(CC(F)(F)CN)C1. The molecule has 0 aromatic carbocycles. The molecule has 1 atom stereocenters. The smallest absolute Gasteiger partial charge is 0.272 e. The molecule has 0 aromatic heterocycles. The summed E-state index contributed by atoms with van der Waals surface area (Å²) in [7, 11) is 0. The maximum absolute atomic E-state index is 12.9. The van der Waals surface area contributed by atoms with Gasteiger partial charge in [-0.2, -0.15) is 0 Å². The van der Waals surface area contributed by atoms with Crippen molar-refractivity contribution < 1.29 is 8.78 Å². The van der Waals surface area contributed by atoms with E-state index in [9.17, 15) is 8.78 Å².